The van der Waals surface area contributed by atoms with Crippen LogP contribution < -0.4 is 10.6 Å². The summed E-state index contributed by atoms with van der Waals surface area (Å²) in [6, 6.07) is 8.67. The Balaban J connectivity index is 2.07. The van der Waals surface area contributed by atoms with Crippen molar-refractivity contribution >= 4 is 11.6 Å². The smallest absolute Gasteiger partial charge is 0.0406 e. The minimum absolute atomic E-state index is 0.00127. The van der Waals surface area contributed by atoms with Crippen LogP contribution in [0.1, 0.15) is 25.8 Å². The Morgan fingerprint density at radius 1 is 1.31 bits per heavy atom. The van der Waals surface area contributed by atoms with Gasteiger partial charge < -0.3 is 10.6 Å². The molecule has 0 aliphatic carbocycles. The highest BCUT2D eigenvalue weighted by Crippen LogP contribution is 2.23. The largest absolute Gasteiger partial charge is 0.315 e. The molecule has 0 spiro atoms. The lowest BCUT2D eigenvalue weighted by Gasteiger charge is -2.30. The van der Waals surface area contributed by atoms with Gasteiger partial charge in [-0.3, -0.25) is 0 Å². The first-order valence-corrected chi connectivity index (χ1v) is 6.20. The monoisotopic (exact) mass is 238 g/mol. The maximum Gasteiger partial charge on any atom is 0.0406 e. The molecule has 2 N–H and O–H groups in total. The number of nitrogens with one attached hydrogen (secondary N) is 2. The second-order valence-corrected chi connectivity index (χ2v) is 5.40. The summed E-state index contributed by atoms with van der Waals surface area (Å²) in [7, 11) is 0. The standard InChI is InChI=1S/C13H19ClN2/c1-13(2,16-12-7-8-15-9-12)10-3-5-11(14)6-4-10/h3-6,12,15-16H,7-9H2,1-2H3. The van der Waals surface area contributed by atoms with Crippen LogP contribution in [0, 0.1) is 0 Å². The third-order valence-electron chi connectivity index (χ3n) is 3.19. The highest BCUT2D eigenvalue weighted by atomic mass is 35.5. The lowest BCUT2D eigenvalue weighted by molar-refractivity contribution is 0.352. The van der Waals surface area contributed by atoms with E-state index in [2.05, 4.69) is 36.6 Å². The van der Waals surface area contributed by atoms with Crippen molar-refractivity contribution in [3.63, 3.8) is 0 Å². The number of halogens is 1. The van der Waals surface area contributed by atoms with Gasteiger partial charge in [0, 0.05) is 23.1 Å². The molecule has 0 amide bonds. The Morgan fingerprint density at radius 3 is 2.56 bits per heavy atom. The van der Waals surface area contributed by atoms with E-state index in [1.165, 1.54) is 12.0 Å². The number of rotatable bonds is 3. The summed E-state index contributed by atoms with van der Waals surface area (Å²) in [5.74, 6) is 0. The van der Waals surface area contributed by atoms with E-state index in [1.54, 1.807) is 0 Å². The number of benzene rings is 1. The van der Waals surface area contributed by atoms with E-state index in [1.807, 2.05) is 12.1 Å². The summed E-state index contributed by atoms with van der Waals surface area (Å²) < 4.78 is 0. The quantitative estimate of drug-likeness (QED) is 0.846. The topological polar surface area (TPSA) is 24.1 Å². The highest BCUT2D eigenvalue weighted by Gasteiger charge is 2.25. The molecule has 1 unspecified atom stereocenters. The van der Waals surface area contributed by atoms with Crippen molar-refractivity contribution in [1.82, 2.24) is 10.6 Å². The molecule has 0 aromatic heterocycles. The molecular formula is C13H19ClN2. The van der Waals surface area contributed by atoms with Crippen LogP contribution in [0.4, 0.5) is 0 Å². The van der Waals surface area contributed by atoms with Gasteiger partial charge in [-0.2, -0.15) is 0 Å². The first-order chi connectivity index (χ1) is 7.58. The summed E-state index contributed by atoms with van der Waals surface area (Å²) in [5.41, 5.74) is 1.28. The zero-order chi connectivity index (χ0) is 11.6. The maximum absolute atomic E-state index is 5.90. The van der Waals surface area contributed by atoms with E-state index in [0.29, 0.717) is 6.04 Å². The maximum atomic E-state index is 5.90. The molecule has 2 rings (SSSR count). The molecule has 0 bridgehead atoms. The fraction of sp³-hybridized carbons (Fsp3) is 0.538. The van der Waals surface area contributed by atoms with Crippen LogP contribution in [0.15, 0.2) is 24.3 Å². The Morgan fingerprint density at radius 2 is 2.00 bits per heavy atom. The first-order valence-electron chi connectivity index (χ1n) is 5.82. The molecule has 0 saturated carbocycles. The molecule has 1 heterocycles. The average Bonchev–Trinajstić information content (AvgIpc) is 2.70. The SMILES string of the molecule is CC(C)(NC1CCNC1)c1ccc(Cl)cc1. The molecule has 1 saturated heterocycles. The van der Waals surface area contributed by atoms with Crippen LogP contribution in [-0.4, -0.2) is 19.1 Å². The molecule has 1 aromatic rings. The van der Waals surface area contributed by atoms with E-state index in [9.17, 15) is 0 Å². The van der Waals surface area contributed by atoms with Crippen LogP contribution in [0.5, 0.6) is 0 Å². The molecule has 88 valence electrons. The van der Waals surface area contributed by atoms with Gasteiger partial charge in [-0.05, 0) is 44.5 Å². The van der Waals surface area contributed by atoms with E-state index < -0.39 is 0 Å². The van der Waals surface area contributed by atoms with E-state index >= 15 is 0 Å². The van der Waals surface area contributed by atoms with Crippen molar-refractivity contribution in [2.45, 2.75) is 31.8 Å². The zero-order valence-electron chi connectivity index (χ0n) is 9.89. The van der Waals surface area contributed by atoms with Gasteiger partial charge in [0.2, 0.25) is 0 Å². The van der Waals surface area contributed by atoms with Crippen molar-refractivity contribution in [2.75, 3.05) is 13.1 Å². The van der Waals surface area contributed by atoms with Crippen LogP contribution in [0.25, 0.3) is 0 Å². The lowest BCUT2D eigenvalue weighted by Crippen LogP contribution is -2.44. The number of hydrogen-bond acceptors (Lipinski definition) is 2. The van der Waals surface area contributed by atoms with E-state index in [4.69, 9.17) is 11.6 Å². The molecule has 1 aliphatic heterocycles. The van der Waals surface area contributed by atoms with E-state index in [0.717, 1.165) is 18.1 Å². The zero-order valence-corrected chi connectivity index (χ0v) is 10.6. The summed E-state index contributed by atoms with van der Waals surface area (Å²) >= 11 is 5.90. The summed E-state index contributed by atoms with van der Waals surface area (Å²) in [6.07, 6.45) is 1.21. The van der Waals surface area contributed by atoms with Crippen LogP contribution in [-0.2, 0) is 5.54 Å². The van der Waals surface area contributed by atoms with Crippen LogP contribution in [0.2, 0.25) is 5.02 Å². The molecule has 1 fully saturated rings. The van der Waals surface area contributed by atoms with Gasteiger partial charge in [0.15, 0.2) is 0 Å². The third kappa shape index (κ3) is 2.76. The lowest BCUT2D eigenvalue weighted by atomic mass is 9.93. The van der Waals surface area contributed by atoms with Gasteiger partial charge in [-0.25, -0.2) is 0 Å². The second kappa shape index (κ2) is 4.74. The van der Waals surface area contributed by atoms with Gasteiger partial charge in [-0.15, -0.1) is 0 Å². The summed E-state index contributed by atoms with van der Waals surface area (Å²) in [4.78, 5) is 0. The van der Waals surface area contributed by atoms with Gasteiger partial charge in [0.25, 0.3) is 0 Å². The van der Waals surface area contributed by atoms with Crippen LogP contribution in [0.3, 0.4) is 0 Å². The fourth-order valence-corrected chi connectivity index (χ4v) is 2.36. The fourth-order valence-electron chi connectivity index (χ4n) is 2.24. The van der Waals surface area contributed by atoms with Crippen molar-refractivity contribution in [3.8, 4) is 0 Å². The van der Waals surface area contributed by atoms with Crippen molar-refractivity contribution in [3.05, 3.63) is 34.9 Å². The minimum Gasteiger partial charge on any atom is -0.315 e. The Labute approximate surface area is 102 Å². The number of hydrogen-bond donors (Lipinski definition) is 2. The molecule has 1 aromatic carbocycles. The molecule has 0 radical (unpaired) electrons. The average molecular weight is 239 g/mol. The van der Waals surface area contributed by atoms with Gasteiger partial charge in [-0.1, -0.05) is 23.7 Å². The molecule has 16 heavy (non-hydrogen) atoms. The van der Waals surface area contributed by atoms with Gasteiger partial charge in [0.1, 0.15) is 0 Å². The molecule has 1 aliphatic rings. The molecule has 2 nitrogen and oxygen atoms in total. The Hall–Kier alpha value is -0.570. The second-order valence-electron chi connectivity index (χ2n) is 4.97. The highest BCUT2D eigenvalue weighted by molar-refractivity contribution is 6.30. The first kappa shape index (κ1) is 11.9. The Bertz CT molecular complexity index is 339. The van der Waals surface area contributed by atoms with Crippen molar-refractivity contribution < 1.29 is 0 Å². The van der Waals surface area contributed by atoms with Gasteiger partial charge in [0.05, 0.1) is 0 Å². The third-order valence-corrected chi connectivity index (χ3v) is 3.44. The van der Waals surface area contributed by atoms with Crippen molar-refractivity contribution in [2.24, 2.45) is 0 Å². The molecule has 3 heteroatoms. The molecule has 1 atom stereocenters. The normalized spacial score (nSPS) is 21.3. The van der Waals surface area contributed by atoms with Gasteiger partial charge >= 0.3 is 0 Å². The minimum atomic E-state index is 0.00127. The predicted octanol–water partition coefficient (Wildman–Crippen LogP) is 2.53. The van der Waals surface area contributed by atoms with E-state index in [-0.39, 0.29) is 5.54 Å². The Kier molecular flexibility index (Phi) is 3.53. The molecular weight excluding hydrogens is 220 g/mol. The summed E-state index contributed by atoms with van der Waals surface area (Å²) in [5, 5.41) is 7.85. The van der Waals surface area contributed by atoms with Crippen LogP contribution >= 0.6 is 11.6 Å². The van der Waals surface area contributed by atoms with Crippen molar-refractivity contribution in [1.29, 1.82) is 0 Å². The predicted molar refractivity (Wildman–Crippen MR) is 68.9 cm³/mol. The summed E-state index contributed by atoms with van der Waals surface area (Å²) in [6.45, 7) is 6.62.